The van der Waals surface area contributed by atoms with Crippen LogP contribution in [-0.2, 0) is 5.41 Å². The van der Waals surface area contributed by atoms with E-state index >= 15 is 0 Å². The Bertz CT molecular complexity index is 3180. The summed E-state index contributed by atoms with van der Waals surface area (Å²) in [6.45, 7) is 4.71. The zero-order chi connectivity index (χ0) is 40.2. The Morgan fingerprint density at radius 1 is 0.283 bits per heavy atom. The number of fused-ring (bicyclic) bond motifs is 6. The Hall–Kier alpha value is -7.48. The molecule has 11 rings (SSSR count). The summed E-state index contributed by atoms with van der Waals surface area (Å²) in [5, 5.41) is 5.05. The van der Waals surface area contributed by atoms with Crippen LogP contribution in [-0.4, -0.2) is 0 Å². The van der Waals surface area contributed by atoms with Crippen LogP contribution in [0.3, 0.4) is 0 Å². The van der Waals surface area contributed by atoms with Gasteiger partial charge in [0.15, 0.2) is 0 Å². The van der Waals surface area contributed by atoms with Crippen LogP contribution < -0.4 is 4.90 Å². The number of rotatable bonds is 7. The fourth-order valence-electron chi connectivity index (χ4n) is 9.70. The molecule has 0 amide bonds. The van der Waals surface area contributed by atoms with Crippen LogP contribution in [0.2, 0.25) is 0 Å². The third-order valence-electron chi connectivity index (χ3n) is 12.7. The van der Waals surface area contributed by atoms with Crippen LogP contribution in [0.15, 0.2) is 224 Å². The minimum Gasteiger partial charge on any atom is -0.310 e. The molecule has 0 spiro atoms. The van der Waals surface area contributed by atoms with Gasteiger partial charge in [0.1, 0.15) is 0 Å². The second-order valence-corrected chi connectivity index (χ2v) is 16.5. The Kier molecular flexibility index (Phi) is 8.57. The maximum atomic E-state index is 2.41. The molecule has 0 saturated carbocycles. The number of hydrogen-bond donors (Lipinski definition) is 0. The molecule has 10 aromatic rings. The largest absolute Gasteiger partial charge is 0.310 e. The zero-order valence-electron chi connectivity index (χ0n) is 33.8. The summed E-state index contributed by atoms with van der Waals surface area (Å²) in [5.41, 5.74) is 18.4. The molecule has 0 atom stereocenters. The van der Waals surface area contributed by atoms with Gasteiger partial charge in [-0.1, -0.05) is 196 Å². The van der Waals surface area contributed by atoms with Gasteiger partial charge in [0.2, 0.25) is 0 Å². The van der Waals surface area contributed by atoms with Crippen LogP contribution in [0, 0.1) is 0 Å². The molecular weight excluding hydrogens is 723 g/mol. The number of hydrogen-bond acceptors (Lipinski definition) is 1. The van der Waals surface area contributed by atoms with Gasteiger partial charge in [-0.2, -0.15) is 0 Å². The first-order valence-electron chi connectivity index (χ1n) is 20.9. The second kappa shape index (κ2) is 14.4. The van der Waals surface area contributed by atoms with Crippen LogP contribution in [0.5, 0.6) is 0 Å². The van der Waals surface area contributed by atoms with E-state index in [2.05, 4.69) is 243 Å². The van der Waals surface area contributed by atoms with E-state index < -0.39 is 0 Å². The van der Waals surface area contributed by atoms with E-state index in [1.165, 1.54) is 88.3 Å². The monoisotopic (exact) mass is 765 g/mol. The molecule has 0 radical (unpaired) electrons. The fraction of sp³-hybridized carbons (Fsp3) is 0.0508. The molecule has 0 saturated heterocycles. The zero-order valence-corrected chi connectivity index (χ0v) is 33.8. The van der Waals surface area contributed by atoms with Crippen molar-refractivity contribution < 1.29 is 0 Å². The van der Waals surface area contributed by atoms with Crippen molar-refractivity contribution in [2.45, 2.75) is 19.3 Å². The third kappa shape index (κ3) is 5.93. The summed E-state index contributed by atoms with van der Waals surface area (Å²) in [4.78, 5) is 2.41. The Labute approximate surface area is 352 Å². The minimum absolute atomic E-state index is 0.102. The highest BCUT2D eigenvalue weighted by molar-refractivity contribution is 6.22. The first-order valence-corrected chi connectivity index (χ1v) is 20.9. The molecule has 0 aromatic heterocycles. The van der Waals surface area contributed by atoms with Crippen LogP contribution in [0.1, 0.15) is 25.0 Å². The summed E-state index contributed by atoms with van der Waals surface area (Å²) in [5.74, 6) is 0. The van der Waals surface area contributed by atoms with Crippen molar-refractivity contribution in [3.63, 3.8) is 0 Å². The van der Waals surface area contributed by atoms with Crippen molar-refractivity contribution in [3.8, 4) is 55.6 Å². The Morgan fingerprint density at radius 3 is 1.35 bits per heavy atom. The average molecular weight is 766 g/mol. The number of benzene rings is 10. The summed E-state index contributed by atoms with van der Waals surface area (Å²) in [6.07, 6.45) is 0. The Morgan fingerprint density at radius 2 is 0.717 bits per heavy atom. The molecule has 0 unspecified atom stereocenters. The molecule has 1 aliphatic rings. The smallest absolute Gasteiger partial charge is 0.0465 e. The van der Waals surface area contributed by atoms with E-state index in [0.717, 1.165) is 17.1 Å². The van der Waals surface area contributed by atoms with Gasteiger partial charge >= 0.3 is 0 Å². The van der Waals surface area contributed by atoms with Gasteiger partial charge < -0.3 is 4.90 Å². The van der Waals surface area contributed by atoms with E-state index in [0.29, 0.717) is 0 Å². The maximum absolute atomic E-state index is 2.41. The van der Waals surface area contributed by atoms with Gasteiger partial charge in [-0.25, -0.2) is 0 Å². The lowest BCUT2D eigenvalue weighted by Crippen LogP contribution is -2.16. The van der Waals surface area contributed by atoms with E-state index in [4.69, 9.17) is 0 Å². The lowest BCUT2D eigenvalue weighted by atomic mass is 9.82. The molecule has 0 N–H and O–H groups in total. The lowest BCUT2D eigenvalue weighted by Gasteiger charge is -2.28. The van der Waals surface area contributed by atoms with E-state index in [-0.39, 0.29) is 5.41 Å². The van der Waals surface area contributed by atoms with Gasteiger partial charge in [0, 0.05) is 22.5 Å². The normalized spacial score (nSPS) is 12.6. The molecule has 0 fully saturated rings. The first-order chi connectivity index (χ1) is 29.5. The molecule has 0 bridgehead atoms. The predicted octanol–water partition coefficient (Wildman–Crippen LogP) is 16.4. The van der Waals surface area contributed by atoms with Crippen LogP contribution in [0.25, 0.3) is 77.2 Å². The Balaban J connectivity index is 1.05. The fourth-order valence-corrected chi connectivity index (χ4v) is 9.70. The SMILES string of the molecule is CC1(C)c2ccccc2-c2ccc(N(c3ccc(-c4ccccc4)cc3)c3ccc(-c4ccc5c(c4)c(-c4ccccc4)c(-c4ccccc4)c4ccccc45)cc3)cc21. The van der Waals surface area contributed by atoms with Crippen LogP contribution >= 0.6 is 0 Å². The van der Waals surface area contributed by atoms with Crippen molar-refractivity contribution in [1.29, 1.82) is 0 Å². The first kappa shape index (κ1) is 35.7. The summed E-state index contributed by atoms with van der Waals surface area (Å²) in [7, 11) is 0. The molecule has 284 valence electrons. The molecule has 10 aromatic carbocycles. The van der Waals surface area contributed by atoms with Crippen LogP contribution in [0.4, 0.5) is 17.1 Å². The van der Waals surface area contributed by atoms with E-state index in [1.807, 2.05) is 0 Å². The second-order valence-electron chi connectivity index (χ2n) is 16.5. The van der Waals surface area contributed by atoms with Gasteiger partial charge in [-0.15, -0.1) is 0 Å². The lowest BCUT2D eigenvalue weighted by molar-refractivity contribution is 0.660. The van der Waals surface area contributed by atoms with Gasteiger partial charge in [0.05, 0.1) is 0 Å². The molecule has 1 aliphatic carbocycles. The molecule has 1 nitrogen and oxygen atoms in total. The van der Waals surface area contributed by atoms with E-state index in [1.54, 1.807) is 0 Å². The molecule has 0 heterocycles. The van der Waals surface area contributed by atoms with Gasteiger partial charge in [-0.3, -0.25) is 0 Å². The predicted molar refractivity (Wildman–Crippen MR) is 255 cm³/mol. The summed E-state index contributed by atoms with van der Waals surface area (Å²) >= 11 is 0. The maximum Gasteiger partial charge on any atom is 0.0465 e. The average Bonchev–Trinajstić information content (AvgIpc) is 3.55. The van der Waals surface area contributed by atoms with E-state index in [9.17, 15) is 0 Å². The molecule has 1 heteroatoms. The third-order valence-corrected chi connectivity index (χ3v) is 12.7. The molecule has 0 aliphatic heterocycles. The van der Waals surface area contributed by atoms with Crippen molar-refractivity contribution in [1.82, 2.24) is 0 Å². The number of anilines is 3. The summed E-state index contributed by atoms with van der Waals surface area (Å²) in [6, 6.07) is 82.3. The summed E-state index contributed by atoms with van der Waals surface area (Å²) < 4.78 is 0. The van der Waals surface area contributed by atoms with Crippen molar-refractivity contribution >= 4 is 38.6 Å². The van der Waals surface area contributed by atoms with Gasteiger partial charge in [-0.05, 0) is 131 Å². The number of nitrogens with zero attached hydrogens (tertiary/aromatic N) is 1. The van der Waals surface area contributed by atoms with Gasteiger partial charge in [0.25, 0.3) is 0 Å². The molecule has 60 heavy (non-hydrogen) atoms. The van der Waals surface area contributed by atoms with Crippen molar-refractivity contribution in [3.05, 3.63) is 236 Å². The van der Waals surface area contributed by atoms with Crippen molar-refractivity contribution in [2.75, 3.05) is 4.90 Å². The van der Waals surface area contributed by atoms with Crippen molar-refractivity contribution in [2.24, 2.45) is 0 Å². The standard InChI is InChI=1S/C59H43N/c1-59(2)55-25-15-14-23-51(55)52-37-35-48(39-56(52)59)60(46-31-26-41(27-32-46)40-16-6-3-7-17-40)47-33-28-42(29-34-47)45-30-36-50-49-22-12-13-24-53(49)57(43-18-8-4-9-19-43)58(54(50)38-45)44-20-10-5-11-21-44/h3-39H,1-2H3. The molecular formula is C59H43N. The highest BCUT2D eigenvalue weighted by Crippen LogP contribution is 2.51. The quantitative estimate of drug-likeness (QED) is 0.146. The topological polar surface area (TPSA) is 3.24 Å². The highest BCUT2D eigenvalue weighted by atomic mass is 15.1. The minimum atomic E-state index is -0.102. The highest BCUT2D eigenvalue weighted by Gasteiger charge is 2.35.